The van der Waals surface area contributed by atoms with Crippen molar-refractivity contribution in [3.63, 3.8) is 0 Å². The summed E-state index contributed by atoms with van der Waals surface area (Å²) in [5.41, 5.74) is 3.67. The van der Waals surface area contributed by atoms with Gasteiger partial charge in [-0.05, 0) is 69.7 Å². The summed E-state index contributed by atoms with van der Waals surface area (Å²) in [5, 5.41) is 10.0. The number of ether oxygens (including phenoxy) is 1. The minimum atomic E-state index is -0.217. The van der Waals surface area contributed by atoms with Crippen molar-refractivity contribution < 1.29 is 9.84 Å². The summed E-state index contributed by atoms with van der Waals surface area (Å²) >= 11 is 0. The molecule has 0 amide bonds. The molecule has 0 fully saturated rings. The van der Waals surface area contributed by atoms with Crippen molar-refractivity contribution in [1.29, 1.82) is 0 Å². The van der Waals surface area contributed by atoms with Gasteiger partial charge in [-0.1, -0.05) is 13.8 Å². The Bertz CT molecular complexity index is 428. The molecule has 0 aliphatic heterocycles. The van der Waals surface area contributed by atoms with Crippen LogP contribution >= 0.6 is 0 Å². The van der Waals surface area contributed by atoms with E-state index in [0.29, 0.717) is 11.7 Å². The highest BCUT2D eigenvalue weighted by atomic mass is 16.5. The summed E-state index contributed by atoms with van der Waals surface area (Å²) in [6.07, 6.45) is 0. The van der Waals surface area contributed by atoms with Crippen molar-refractivity contribution in [3.05, 3.63) is 22.3 Å². The summed E-state index contributed by atoms with van der Waals surface area (Å²) in [6, 6.07) is 0. The van der Waals surface area contributed by atoms with Crippen molar-refractivity contribution in [2.24, 2.45) is 5.92 Å². The van der Waals surface area contributed by atoms with Crippen molar-refractivity contribution in [3.8, 4) is 11.5 Å². The minimum absolute atomic E-state index is 0.217. The molecule has 0 radical (unpaired) electrons. The van der Waals surface area contributed by atoms with Gasteiger partial charge in [0.1, 0.15) is 17.1 Å². The topological polar surface area (TPSA) is 29.5 Å². The van der Waals surface area contributed by atoms with Crippen LogP contribution in [0.3, 0.4) is 0 Å². The van der Waals surface area contributed by atoms with Crippen LogP contribution in [0.5, 0.6) is 11.5 Å². The Hall–Kier alpha value is -1.18. The highest BCUT2D eigenvalue weighted by molar-refractivity contribution is 5.56. The predicted molar refractivity (Wildman–Crippen MR) is 76.6 cm³/mol. The van der Waals surface area contributed by atoms with Crippen LogP contribution in [-0.4, -0.2) is 10.7 Å². The normalized spacial score (nSPS) is 12.1. The second-order valence-electron chi connectivity index (χ2n) is 6.04. The summed E-state index contributed by atoms with van der Waals surface area (Å²) in [6.45, 7) is 16.4. The number of benzene rings is 1. The molecule has 0 aliphatic carbocycles. The Labute approximate surface area is 111 Å². The molecule has 18 heavy (non-hydrogen) atoms. The van der Waals surface area contributed by atoms with E-state index in [4.69, 9.17) is 4.74 Å². The second kappa shape index (κ2) is 4.83. The van der Waals surface area contributed by atoms with E-state index in [-0.39, 0.29) is 5.60 Å². The van der Waals surface area contributed by atoms with Gasteiger partial charge in [-0.3, -0.25) is 0 Å². The van der Waals surface area contributed by atoms with E-state index >= 15 is 0 Å². The molecule has 1 rings (SSSR count). The zero-order valence-corrected chi connectivity index (χ0v) is 12.9. The largest absolute Gasteiger partial charge is 0.507 e. The van der Waals surface area contributed by atoms with Crippen LogP contribution in [0.1, 0.15) is 49.9 Å². The third kappa shape index (κ3) is 2.47. The Morgan fingerprint density at radius 1 is 0.889 bits per heavy atom. The quantitative estimate of drug-likeness (QED) is 0.859. The number of aromatic hydroxyl groups is 1. The summed E-state index contributed by atoms with van der Waals surface area (Å²) in [4.78, 5) is 0. The van der Waals surface area contributed by atoms with Gasteiger partial charge < -0.3 is 9.84 Å². The van der Waals surface area contributed by atoms with E-state index in [1.54, 1.807) is 0 Å². The maximum Gasteiger partial charge on any atom is 0.126 e. The van der Waals surface area contributed by atoms with Crippen LogP contribution in [-0.2, 0) is 0 Å². The van der Waals surface area contributed by atoms with Gasteiger partial charge in [0, 0.05) is 0 Å². The molecule has 0 bridgehead atoms. The third-order valence-electron chi connectivity index (χ3n) is 4.27. The molecule has 0 aliphatic rings. The smallest absolute Gasteiger partial charge is 0.126 e. The van der Waals surface area contributed by atoms with Crippen molar-refractivity contribution >= 4 is 0 Å². The highest BCUT2D eigenvalue weighted by Gasteiger charge is 2.27. The third-order valence-corrected chi connectivity index (χ3v) is 4.27. The maximum absolute atomic E-state index is 10.0. The molecule has 0 saturated carbocycles. The van der Waals surface area contributed by atoms with Crippen molar-refractivity contribution in [1.82, 2.24) is 0 Å². The number of rotatable bonds is 3. The maximum atomic E-state index is 10.0. The first-order valence-electron chi connectivity index (χ1n) is 6.58. The lowest BCUT2D eigenvalue weighted by Gasteiger charge is -2.33. The molecule has 0 saturated heterocycles. The number of phenolic OH excluding ortho intramolecular Hbond substituents is 1. The van der Waals surface area contributed by atoms with Crippen molar-refractivity contribution in [2.75, 3.05) is 0 Å². The first-order valence-corrected chi connectivity index (χ1v) is 6.58. The lowest BCUT2D eigenvalue weighted by atomic mass is 9.93. The first kappa shape index (κ1) is 14.9. The summed E-state index contributed by atoms with van der Waals surface area (Å²) in [5.74, 6) is 1.73. The van der Waals surface area contributed by atoms with E-state index in [0.717, 1.165) is 28.0 Å². The number of hydrogen-bond donors (Lipinski definition) is 1. The van der Waals surface area contributed by atoms with Gasteiger partial charge in [0.25, 0.3) is 0 Å². The number of hydrogen-bond acceptors (Lipinski definition) is 2. The fourth-order valence-electron chi connectivity index (χ4n) is 1.79. The molecule has 102 valence electrons. The van der Waals surface area contributed by atoms with Crippen LogP contribution in [0.25, 0.3) is 0 Å². The molecule has 0 unspecified atom stereocenters. The first-order chi connectivity index (χ1) is 8.09. The average molecular weight is 250 g/mol. The second-order valence-corrected chi connectivity index (χ2v) is 6.04. The minimum Gasteiger partial charge on any atom is -0.507 e. The monoisotopic (exact) mass is 250 g/mol. The average Bonchev–Trinajstić information content (AvgIpc) is 2.29. The SMILES string of the molecule is Cc1c(C)c(OC(C)(C)C(C)C)c(C)c(C)c1O. The van der Waals surface area contributed by atoms with E-state index in [9.17, 15) is 5.11 Å². The zero-order chi connectivity index (χ0) is 14.2. The van der Waals surface area contributed by atoms with Gasteiger partial charge >= 0.3 is 0 Å². The molecule has 0 atom stereocenters. The van der Waals surface area contributed by atoms with E-state index in [1.807, 2.05) is 27.7 Å². The molecule has 2 nitrogen and oxygen atoms in total. The molecule has 1 N–H and O–H groups in total. The zero-order valence-electron chi connectivity index (χ0n) is 12.9. The van der Waals surface area contributed by atoms with Crippen LogP contribution in [0.4, 0.5) is 0 Å². The van der Waals surface area contributed by atoms with Gasteiger partial charge in [-0.25, -0.2) is 0 Å². The molecular weight excluding hydrogens is 224 g/mol. The van der Waals surface area contributed by atoms with Gasteiger partial charge in [0.05, 0.1) is 0 Å². The Kier molecular flexibility index (Phi) is 3.99. The van der Waals surface area contributed by atoms with E-state index in [1.165, 1.54) is 0 Å². The molecule has 0 heterocycles. The van der Waals surface area contributed by atoms with Crippen LogP contribution in [0.2, 0.25) is 0 Å². The Balaban J connectivity index is 3.35. The van der Waals surface area contributed by atoms with Gasteiger partial charge in [0.2, 0.25) is 0 Å². The van der Waals surface area contributed by atoms with Gasteiger partial charge in [0.15, 0.2) is 0 Å². The van der Waals surface area contributed by atoms with E-state index < -0.39 is 0 Å². The van der Waals surface area contributed by atoms with Crippen LogP contribution in [0, 0.1) is 33.6 Å². The van der Waals surface area contributed by atoms with Crippen LogP contribution in [0.15, 0.2) is 0 Å². The van der Waals surface area contributed by atoms with Crippen molar-refractivity contribution in [2.45, 2.75) is 61.0 Å². The highest BCUT2D eigenvalue weighted by Crippen LogP contribution is 2.38. The molecule has 1 aromatic rings. The molecule has 1 aromatic carbocycles. The lowest BCUT2D eigenvalue weighted by Crippen LogP contribution is -2.35. The Morgan fingerprint density at radius 3 is 1.61 bits per heavy atom. The van der Waals surface area contributed by atoms with Crippen LogP contribution < -0.4 is 4.74 Å². The number of phenols is 1. The lowest BCUT2D eigenvalue weighted by molar-refractivity contribution is 0.0582. The fraction of sp³-hybridized carbons (Fsp3) is 0.625. The molecule has 2 heteroatoms. The predicted octanol–water partition coefficient (Wildman–Crippen LogP) is 4.44. The standard InChI is InChI=1S/C16H26O2/c1-9(2)16(7,8)18-15-12(5)10(3)14(17)11(4)13(15)6/h9,17H,1-8H3. The fourth-order valence-corrected chi connectivity index (χ4v) is 1.79. The van der Waals surface area contributed by atoms with Gasteiger partial charge in [-0.15, -0.1) is 0 Å². The van der Waals surface area contributed by atoms with E-state index in [2.05, 4.69) is 27.7 Å². The summed E-state index contributed by atoms with van der Waals surface area (Å²) < 4.78 is 6.23. The Morgan fingerprint density at radius 2 is 1.28 bits per heavy atom. The molecular formula is C16H26O2. The van der Waals surface area contributed by atoms with Gasteiger partial charge in [-0.2, -0.15) is 0 Å². The summed E-state index contributed by atoms with van der Waals surface area (Å²) in [7, 11) is 0. The molecule has 0 aromatic heterocycles. The molecule has 0 spiro atoms.